The molecule has 1 rings (SSSR count). The predicted octanol–water partition coefficient (Wildman–Crippen LogP) is 2.37. The summed E-state index contributed by atoms with van der Waals surface area (Å²) in [7, 11) is 0. The summed E-state index contributed by atoms with van der Waals surface area (Å²) in [4.78, 5) is 0. The fraction of sp³-hybridized carbons (Fsp3) is 1.00. The topological polar surface area (TPSA) is 18.5 Å². The molecule has 0 bridgehead atoms. The molecule has 2 heteroatoms. The van der Waals surface area contributed by atoms with E-state index in [-0.39, 0.29) is 0 Å². The monoisotopic (exact) mass is 172 g/mol. The number of ether oxygens (including phenoxy) is 2. The molecule has 1 fully saturated rings. The molecule has 0 N–H and O–H groups in total. The van der Waals surface area contributed by atoms with Gasteiger partial charge in [0.2, 0.25) is 0 Å². The molecule has 72 valence electrons. The van der Waals surface area contributed by atoms with E-state index in [1.807, 2.05) is 0 Å². The van der Waals surface area contributed by atoms with Gasteiger partial charge in [-0.1, -0.05) is 0 Å². The minimum atomic E-state index is 0.506. The highest BCUT2D eigenvalue weighted by Gasteiger charge is 2.20. The van der Waals surface area contributed by atoms with Gasteiger partial charge in [-0.2, -0.15) is 0 Å². The number of hydrogen-bond acceptors (Lipinski definition) is 2. The first-order valence-corrected chi connectivity index (χ1v) is 5.10. The van der Waals surface area contributed by atoms with Gasteiger partial charge in [0.1, 0.15) is 0 Å². The van der Waals surface area contributed by atoms with Crippen LogP contribution in [0.15, 0.2) is 0 Å². The second-order valence-electron chi connectivity index (χ2n) is 3.31. The maximum Gasteiger partial charge on any atom is 0.0576 e. The van der Waals surface area contributed by atoms with Crippen molar-refractivity contribution in [3.05, 3.63) is 0 Å². The quantitative estimate of drug-likeness (QED) is 0.648. The third-order valence-corrected chi connectivity index (χ3v) is 2.43. The maximum atomic E-state index is 5.55. The lowest BCUT2D eigenvalue weighted by Crippen LogP contribution is -2.26. The molecule has 0 spiro atoms. The van der Waals surface area contributed by atoms with Crippen LogP contribution in [0.5, 0.6) is 0 Å². The van der Waals surface area contributed by atoms with Gasteiger partial charge >= 0.3 is 0 Å². The van der Waals surface area contributed by atoms with Crippen LogP contribution in [0.4, 0.5) is 0 Å². The normalized spacial score (nSPS) is 30.5. The molecule has 2 nitrogen and oxygen atoms in total. The van der Waals surface area contributed by atoms with E-state index in [1.54, 1.807) is 0 Å². The fourth-order valence-corrected chi connectivity index (χ4v) is 1.84. The summed E-state index contributed by atoms with van der Waals surface area (Å²) in [5, 5.41) is 0. The van der Waals surface area contributed by atoms with Crippen LogP contribution in [0.2, 0.25) is 0 Å². The van der Waals surface area contributed by atoms with Gasteiger partial charge in [-0.3, -0.25) is 0 Å². The Hall–Kier alpha value is -0.0800. The molecule has 0 saturated heterocycles. The third kappa shape index (κ3) is 3.11. The van der Waals surface area contributed by atoms with Gasteiger partial charge in [0.15, 0.2) is 0 Å². The molecule has 12 heavy (non-hydrogen) atoms. The van der Waals surface area contributed by atoms with E-state index in [9.17, 15) is 0 Å². The van der Waals surface area contributed by atoms with Crippen molar-refractivity contribution in [3.63, 3.8) is 0 Å². The molecule has 0 unspecified atom stereocenters. The lowest BCUT2D eigenvalue weighted by atomic mass is 9.95. The molecular weight excluding hydrogens is 152 g/mol. The van der Waals surface area contributed by atoms with Crippen molar-refractivity contribution in [1.29, 1.82) is 0 Å². The molecule has 0 aromatic carbocycles. The van der Waals surface area contributed by atoms with Gasteiger partial charge in [0, 0.05) is 13.2 Å². The molecule has 0 radical (unpaired) electrons. The Morgan fingerprint density at radius 2 is 1.17 bits per heavy atom. The van der Waals surface area contributed by atoms with Crippen LogP contribution in [-0.2, 0) is 9.47 Å². The Labute approximate surface area is 75.2 Å². The van der Waals surface area contributed by atoms with Crippen LogP contribution in [-0.4, -0.2) is 25.4 Å². The third-order valence-electron chi connectivity index (χ3n) is 2.43. The van der Waals surface area contributed by atoms with Gasteiger partial charge in [0.05, 0.1) is 12.2 Å². The van der Waals surface area contributed by atoms with Crippen LogP contribution in [0.3, 0.4) is 0 Å². The molecule has 0 amide bonds. The fourth-order valence-electron chi connectivity index (χ4n) is 1.84. The summed E-state index contributed by atoms with van der Waals surface area (Å²) < 4.78 is 11.1. The van der Waals surface area contributed by atoms with E-state index in [4.69, 9.17) is 9.47 Å². The SMILES string of the molecule is CCOC1CCC(OCC)CC1. The highest BCUT2D eigenvalue weighted by Crippen LogP contribution is 2.23. The lowest BCUT2D eigenvalue weighted by Gasteiger charge is -2.27. The Bertz CT molecular complexity index is 92.4. The summed E-state index contributed by atoms with van der Waals surface area (Å²) >= 11 is 0. The van der Waals surface area contributed by atoms with Crippen molar-refractivity contribution in [2.75, 3.05) is 13.2 Å². The van der Waals surface area contributed by atoms with Gasteiger partial charge in [-0.05, 0) is 39.5 Å². The van der Waals surface area contributed by atoms with Crippen molar-refractivity contribution < 1.29 is 9.47 Å². The zero-order valence-corrected chi connectivity index (χ0v) is 8.21. The van der Waals surface area contributed by atoms with E-state index in [0.29, 0.717) is 12.2 Å². The molecule has 0 heterocycles. The molecule has 0 aliphatic heterocycles. The van der Waals surface area contributed by atoms with Crippen LogP contribution in [0.25, 0.3) is 0 Å². The van der Waals surface area contributed by atoms with E-state index in [0.717, 1.165) is 13.2 Å². The van der Waals surface area contributed by atoms with E-state index in [1.165, 1.54) is 25.7 Å². The molecule has 0 aromatic rings. The largest absolute Gasteiger partial charge is 0.379 e. The minimum Gasteiger partial charge on any atom is -0.379 e. The average molecular weight is 172 g/mol. The number of rotatable bonds is 4. The highest BCUT2D eigenvalue weighted by atomic mass is 16.5. The second-order valence-corrected chi connectivity index (χ2v) is 3.31. The van der Waals surface area contributed by atoms with Crippen molar-refractivity contribution in [3.8, 4) is 0 Å². The molecular formula is C10H20O2. The van der Waals surface area contributed by atoms with Crippen LogP contribution < -0.4 is 0 Å². The van der Waals surface area contributed by atoms with Crippen LogP contribution in [0, 0.1) is 0 Å². The summed E-state index contributed by atoms with van der Waals surface area (Å²) in [6, 6.07) is 0. The molecule has 1 aliphatic rings. The lowest BCUT2D eigenvalue weighted by molar-refractivity contribution is -0.0244. The van der Waals surface area contributed by atoms with Crippen molar-refractivity contribution in [1.82, 2.24) is 0 Å². The Morgan fingerprint density at radius 1 is 0.833 bits per heavy atom. The smallest absolute Gasteiger partial charge is 0.0576 e. The van der Waals surface area contributed by atoms with Crippen LogP contribution in [0.1, 0.15) is 39.5 Å². The summed E-state index contributed by atoms with van der Waals surface area (Å²) in [6.45, 7) is 5.83. The Morgan fingerprint density at radius 3 is 1.42 bits per heavy atom. The van der Waals surface area contributed by atoms with E-state index >= 15 is 0 Å². The van der Waals surface area contributed by atoms with E-state index < -0.39 is 0 Å². The molecule has 1 aliphatic carbocycles. The Kier molecular flexibility index (Phi) is 4.62. The highest BCUT2D eigenvalue weighted by molar-refractivity contribution is 4.72. The number of hydrogen-bond donors (Lipinski definition) is 0. The van der Waals surface area contributed by atoms with Gasteiger partial charge in [-0.25, -0.2) is 0 Å². The summed E-state index contributed by atoms with van der Waals surface area (Å²) in [5.74, 6) is 0. The molecule has 0 atom stereocenters. The molecule has 1 saturated carbocycles. The first-order valence-electron chi connectivity index (χ1n) is 5.10. The van der Waals surface area contributed by atoms with Gasteiger partial charge in [-0.15, -0.1) is 0 Å². The molecule has 0 aromatic heterocycles. The zero-order valence-electron chi connectivity index (χ0n) is 8.21. The van der Waals surface area contributed by atoms with Crippen molar-refractivity contribution >= 4 is 0 Å². The standard InChI is InChI=1S/C10H20O2/c1-3-11-9-5-7-10(8-6-9)12-4-2/h9-10H,3-8H2,1-2H3. The van der Waals surface area contributed by atoms with Crippen LogP contribution >= 0.6 is 0 Å². The summed E-state index contributed by atoms with van der Waals surface area (Å²) in [5.41, 5.74) is 0. The minimum absolute atomic E-state index is 0.506. The van der Waals surface area contributed by atoms with Gasteiger partial charge < -0.3 is 9.47 Å². The first-order chi connectivity index (χ1) is 5.86. The summed E-state index contributed by atoms with van der Waals surface area (Å²) in [6.07, 6.45) is 5.73. The van der Waals surface area contributed by atoms with Crippen molar-refractivity contribution in [2.45, 2.75) is 51.7 Å². The van der Waals surface area contributed by atoms with Gasteiger partial charge in [0.25, 0.3) is 0 Å². The zero-order chi connectivity index (χ0) is 8.81. The Balaban J connectivity index is 2.11. The average Bonchev–Trinajstić information content (AvgIpc) is 2.09. The maximum absolute atomic E-state index is 5.55. The predicted molar refractivity (Wildman–Crippen MR) is 49.3 cm³/mol. The second kappa shape index (κ2) is 5.55. The first kappa shape index (κ1) is 10.0. The van der Waals surface area contributed by atoms with E-state index in [2.05, 4.69) is 13.8 Å². The van der Waals surface area contributed by atoms with Crippen molar-refractivity contribution in [2.24, 2.45) is 0 Å².